The van der Waals surface area contributed by atoms with E-state index in [0.29, 0.717) is 0 Å². The Labute approximate surface area is 92.5 Å². The van der Waals surface area contributed by atoms with Gasteiger partial charge in [0.15, 0.2) is 0 Å². The maximum absolute atomic E-state index is 6.07. The summed E-state index contributed by atoms with van der Waals surface area (Å²) in [4.78, 5) is 1.28. The molecule has 0 spiro atoms. The van der Waals surface area contributed by atoms with E-state index in [0.717, 1.165) is 16.8 Å². The molecule has 0 aliphatic heterocycles. The van der Waals surface area contributed by atoms with Crippen molar-refractivity contribution in [2.45, 2.75) is 32.7 Å². The summed E-state index contributed by atoms with van der Waals surface area (Å²) < 4.78 is 1.15. The quantitative estimate of drug-likeness (QED) is 0.873. The van der Waals surface area contributed by atoms with Crippen LogP contribution in [0.25, 0.3) is 0 Å². The lowest BCUT2D eigenvalue weighted by Gasteiger charge is -2.13. The van der Waals surface area contributed by atoms with Crippen molar-refractivity contribution in [2.75, 3.05) is 0 Å². The first-order chi connectivity index (χ1) is 6.13. The molecule has 0 bridgehead atoms. The molecule has 2 N–H and O–H groups in total. The molecule has 1 aromatic rings. The second-order valence-corrected chi connectivity index (χ2v) is 5.38. The molecule has 13 heavy (non-hydrogen) atoms. The van der Waals surface area contributed by atoms with Gasteiger partial charge in [0.2, 0.25) is 0 Å². The van der Waals surface area contributed by atoms with Gasteiger partial charge in [0.25, 0.3) is 0 Å². The highest BCUT2D eigenvalue weighted by Gasteiger charge is 2.11. The van der Waals surface area contributed by atoms with Crippen molar-refractivity contribution in [3.63, 3.8) is 0 Å². The highest BCUT2D eigenvalue weighted by atomic mass is 79.9. The number of rotatable bonds is 4. The third-order valence-electron chi connectivity index (χ3n) is 2.31. The van der Waals surface area contributed by atoms with E-state index in [9.17, 15) is 0 Å². The largest absolute Gasteiger partial charge is 0.323 e. The van der Waals surface area contributed by atoms with Crippen LogP contribution in [0, 0.1) is 5.92 Å². The molecule has 0 saturated carbocycles. The molecule has 0 saturated heterocycles. The molecule has 3 heteroatoms. The fraction of sp³-hybridized carbons (Fsp3) is 0.600. The fourth-order valence-corrected chi connectivity index (χ4v) is 2.70. The summed E-state index contributed by atoms with van der Waals surface area (Å²) in [6, 6.07) is 2.34. The van der Waals surface area contributed by atoms with Gasteiger partial charge in [-0.15, -0.1) is 11.3 Å². The summed E-state index contributed by atoms with van der Waals surface area (Å²) >= 11 is 5.18. The maximum atomic E-state index is 6.07. The van der Waals surface area contributed by atoms with E-state index in [2.05, 4.69) is 41.2 Å². The standard InChI is InChI=1S/C10H16BrNS/c1-3-7(2)4-9(12)10-5-8(11)6-13-10/h5-7,9H,3-4,12H2,1-2H3. The molecule has 74 valence electrons. The fourth-order valence-electron chi connectivity index (χ4n) is 1.24. The zero-order chi connectivity index (χ0) is 9.84. The van der Waals surface area contributed by atoms with Crippen molar-refractivity contribution in [1.82, 2.24) is 0 Å². The second kappa shape index (κ2) is 5.13. The molecular formula is C10H16BrNS. The van der Waals surface area contributed by atoms with Crippen LogP contribution in [-0.4, -0.2) is 0 Å². The number of hydrogen-bond acceptors (Lipinski definition) is 2. The third-order valence-corrected chi connectivity index (χ3v) is 4.13. The average Bonchev–Trinajstić information content (AvgIpc) is 2.51. The smallest absolute Gasteiger partial charge is 0.0392 e. The number of thiophene rings is 1. The van der Waals surface area contributed by atoms with E-state index in [1.54, 1.807) is 11.3 Å². The Kier molecular flexibility index (Phi) is 4.42. The van der Waals surface area contributed by atoms with Gasteiger partial charge in [-0.1, -0.05) is 20.3 Å². The summed E-state index contributed by atoms with van der Waals surface area (Å²) in [6.07, 6.45) is 2.30. The molecule has 0 aliphatic carbocycles. The molecule has 1 heterocycles. The van der Waals surface area contributed by atoms with Crippen LogP contribution in [0.15, 0.2) is 15.9 Å². The molecule has 0 aromatic carbocycles. The lowest BCUT2D eigenvalue weighted by molar-refractivity contribution is 0.465. The molecule has 0 aliphatic rings. The molecular weight excluding hydrogens is 246 g/mol. The van der Waals surface area contributed by atoms with E-state index < -0.39 is 0 Å². The molecule has 0 fully saturated rings. The Morgan fingerprint density at radius 2 is 2.31 bits per heavy atom. The first kappa shape index (κ1) is 11.2. The van der Waals surface area contributed by atoms with Gasteiger partial charge in [-0.3, -0.25) is 0 Å². The Balaban J connectivity index is 2.53. The maximum Gasteiger partial charge on any atom is 0.0392 e. The normalized spacial score (nSPS) is 15.7. The van der Waals surface area contributed by atoms with Gasteiger partial charge in [-0.2, -0.15) is 0 Å². The molecule has 1 nitrogen and oxygen atoms in total. The Morgan fingerprint density at radius 1 is 1.62 bits per heavy atom. The van der Waals surface area contributed by atoms with Crippen LogP contribution in [0.3, 0.4) is 0 Å². The first-order valence-corrected chi connectivity index (χ1v) is 6.30. The van der Waals surface area contributed by atoms with E-state index in [1.165, 1.54) is 11.3 Å². The Morgan fingerprint density at radius 3 is 2.77 bits per heavy atom. The van der Waals surface area contributed by atoms with Crippen molar-refractivity contribution in [3.05, 3.63) is 20.8 Å². The highest BCUT2D eigenvalue weighted by molar-refractivity contribution is 9.10. The minimum absolute atomic E-state index is 0.214. The molecule has 1 aromatic heterocycles. The molecule has 1 rings (SSSR count). The summed E-state index contributed by atoms with van der Waals surface area (Å²) in [5.74, 6) is 0.718. The van der Waals surface area contributed by atoms with Crippen molar-refractivity contribution >= 4 is 27.3 Å². The summed E-state index contributed by atoms with van der Waals surface area (Å²) in [5, 5.41) is 2.09. The average molecular weight is 262 g/mol. The van der Waals surface area contributed by atoms with Crippen LogP contribution < -0.4 is 5.73 Å². The third kappa shape index (κ3) is 3.41. The molecule has 2 atom stereocenters. The van der Waals surface area contributed by atoms with Gasteiger partial charge < -0.3 is 5.73 Å². The van der Waals surface area contributed by atoms with Crippen LogP contribution in [-0.2, 0) is 0 Å². The van der Waals surface area contributed by atoms with Crippen LogP contribution >= 0.6 is 27.3 Å². The number of nitrogens with two attached hydrogens (primary N) is 1. The second-order valence-electron chi connectivity index (χ2n) is 3.52. The first-order valence-electron chi connectivity index (χ1n) is 4.63. The minimum atomic E-state index is 0.214. The lowest BCUT2D eigenvalue weighted by Crippen LogP contribution is -2.12. The summed E-state index contributed by atoms with van der Waals surface area (Å²) in [6.45, 7) is 4.46. The summed E-state index contributed by atoms with van der Waals surface area (Å²) in [7, 11) is 0. The Hall–Kier alpha value is 0.140. The summed E-state index contributed by atoms with van der Waals surface area (Å²) in [5.41, 5.74) is 6.07. The predicted molar refractivity (Wildman–Crippen MR) is 63.0 cm³/mol. The molecule has 0 amide bonds. The van der Waals surface area contributed by atoms with Crippen LogP contribution in [0.1, 0.15) is 37.6 Å². The van der Waals surface area contributed by atoms with Gasteiger partial charge >= 0.3 is 0 Å². The van der Waals surface area contributed by atoms with Crippen molar-refractivity contribution in [1.29, 1.82) is 0 Å². The van der Waals surface area contributed by atoms with Crippen molar-refractivity contribution < 1.29 is 0 Å². The molecule has 2 unspecified atom stereocenters. The highest BCUT2D eigenvalue weighted by Crippen LogP contribution is 2.28. The van der Waals surface area contributed by atoms with Crippen LogP contribution in [0.5, 0.6) is 0 Å². The Bertz CT molecular complexity index is 259. The van der Waals surface area contributed by atoms with Crippen molar-refractivity contribution in [2.24, 2.45) is 11.7 Å². The van der Waals surface area contributed by atoms with Crippen LogP contribution in [0.2, 0.25) is 0 Å². The van der Waals surface area contributed by atoms with Gasteiger partial charge in [0.05, 0.1) is 0 Å². The van der Waals surface area contributed by atoms with Gasteiger partial charge in [0, 0.05) is 20.8 Å². The molecule has 0 radical (unpaired) electrons. The minimum Gasteiger partial charge on any atom is -0.323 e. The van der Waals surface area contributed by atoms with Crippen LogP contribution in [0.4, 0.5) is 0 Å². The predicted octanol–water partition coefficient (Wildman–Crippen LogP) is 3.95. The lowest BCUT2D eigenvalue weighted by atomic mass is 9.99. The monoisotopic (exact) mass is 261 g/mol. The number of halogens is 1. The van der Waals surface area contributed by atoms with Gasteiger partial charge in [-0.25, -0.2) is 0 Å². The number of hydrogen-bond donors (Lipinski definition) is 1. The van der Waals surface area contributed by atoms with Gasteiger partial charge in [-0.05, 0) is 34.3 Å². The topological polar surface area (TPSA) is 26.0 Å². The van der Waals surface area contributed by atoms with E-state index in [4.69, 9.17) is 5.73 Å². The van der Waals surface area contributed by atoms with Crippen molar-refractivity contribution in [3.8, 4) is 0 Å². The van der Waals surface area contributed by atoms with E-state index in [-0.39, 0.29) is 6.04 Å². The SMILES string of the molecule is CCC(C)CC(N)c1cc(Br)cs1. The zero-order valence-corrected chi connectivity index (χ0v) is 10.5. The van der Waals surface area contributed by atoms with E-state index in [1.807, 2.05) is 0 Å². The zero-order valence-electron chi connectivity index (χ0n) is 8.09. The van der Waals surface area contributed by atoms with Gasteiger partial charge in [0.1, 0.15) is 0 Å². The van der Waals surface area contributed by atoms with E-state index >= 15 is 0 Å².